The Morgan fingerprint density at radius 2 is 1.88 bits per heavy atom. The lowest BCUT2D eigenvalue weighted by Crippen LogP contribution is -2.61. The molecule has 0 bridgehead atoms. The number of benzene rings is 1. The molecule has 176 valence electrons. The molecule has 5 rings (SSSR count). The fourth-order valence-corrected chi connectivity index (χ4v) is 5.13. The number of piperidine rings is 1. The molecule has 8 nitrogen and oxygen atoms in total. The van der Waals surface area contributed by atoms with Gasteiger partial charge in [-0.05, 0) is 45.7 Å². The molecule has 0 radical (unpaired) electrons. The normalized spacial score (nSPS) is 19.1. The lowest BCUT2D eigenvalue weighted by Gasteiger charge is -2.49. The fraction of sp³-hybridized carbons (Fsp3) is 0.522. The number of fused-ring (bicyclic) bond motifs is 1. The van der Waals surface area contributed by atoms with Crippen molar-refractivity contribution in [2.24, 2.45) is 0 Å². The van der Waals surface area contributed by atoms with Crippen molar-refractivity contribution in [3.8, 4) is 0 Å². The lowest BCUT2D eigenvalue weighted by atomic mass is 9.93. The maximum Gasteiger partial charge on any atom is 0.227 e. The van der Waals surface area contributed by atoms with Gasteiger partial charge in [0.25, 0.3) is 0 Å². The summed E-state index contributed by atoms with van der Waals surface area (Å²) in [5, 5.41) is 13.2. The van der Waals surface area contributed by atoms with Crippen molar-refractivity contribution >= 4 is 51.4 Å². The summed E-state index contributed by atoms with van der Waals surface area (Å²) in [5.74, 6) is 0.431. The zero-order valence-corrected chi connectivity index (χ0v) is 20.6. The van der Waals surface area contributed by atoms with Crippen LogP contribution >= 0.6 is 23.2 Å². The number of ether oxygens (including phenoxy) is 1. The van der Waals surface area contributed by atoms with Crippen molar-refractivity contribution in [3.63, 3.8) is 0 Å². The van der Waals surface area contributed by atoms with Gasteiger partial charge in [0.2, 0.25) is 5.95 Å². The van der Waals surface area contributed by atoms with Crippen LogP contribution in [-0.4, -0.2) is 62.5 Å². The van der Waals surface area contributed by atoms with E-state index in [9.17, 15) is 0 Å². The topological polar surface area (TPSA) is 80.1 Å². The third kappa shape index (κ3) is 4.37. The van der Waals surface area contributed by atoms with Crippen LogP contribution in [0.2, 0.25) is 10.2 Å². The third-order valence-electron chi connectivity index (χ3n) is 6.52. The van der Waals surface area contributed by atoms with Gasteiger partial charge >= 0.3 is 0 Å². The number of nitrogens with one attached hydrogen (secondary N) is 2. The molecule has 2 aliphatic heterocycles. The van der Waals surface area contributed by atoms with Crippen molar-refractivity contribution < 1.29 is 4.74 Å². The van der Waals surface area contributed by atoms with E-state index in [-0.39, 0.29) is 17.6 Å². The van der Waals surface area contributed by atoms with E-state index in [2.05, 4.69) is 51.4 Å². The van der Waals surface area contributed by atoms with Gasteiger partial charge in [-0.25, -0.2) is 14.6 Å². The van der Waals surface area contributed by atoms with Crippen LogP contribution < -0.4 is 10.6 Å². The monoisotopic (exact) mass is 489 g/mol. The molecule has 33 heavy (non-hydrogen) atoms. The van der Waals surface area contributed by atoms with Gasteiger partial charge in [0.05, 0.1) is 52.9 Å². The van der Waals surface area contributed by atoms with Crippen LogP contribution in [0.15, 0.2) is 24.5 Å². The number of hydrogen-bond donors (Lipinski definition) is 2. The van der Waals surface area contributed by atoms with Gasteiger partial charge in [0, 0.05) is 30.7 Å². The first-order valence-corrected chi connectivity index (χ1v) is 12.1. The van der Waals surface area contributed by atoms with E-state index in [4.69, 9.17) is 27.9 Å². The molecule has 2 aromatic heterocycles. The first-order chi connectivity index (χ1) is 15.8. The van der Waals surface area contributed by atoms with E-state index in [1.807, 2.05) is 16.8 Å². The van der Waals surface area contributed by atoms with Gasteiger partial charge in [-0.2, -0.15) is 5.10 Å². The molecule has 0 aliphatic carbocycles. The Labute approximate surface area is 203 Å². The number of aromatic nitrogens is 4. The number of likely N-dealkylation sites (tertiary alicyclic amines) is 1. The van der Waals surface area contributed by atoms with Crippen LogP contribution in [0.25, 0.3) is 10.9 Å². The molecule has 4 heterocycles. The standard InChI is InChI=1S/C23H29Cl2N7O/c1-14(2)28-17-5-4-15-10-26-22(30-20(15)19(17)24)29-18-11-27-32(21(18)25)16-6-8-31(9-7-16)23(3)12-33-13-23/h4-5,10-11,14,16,28H,6-9,12-13H2,1-3H3,(H,26,29,30). The molecule has 3 aromatic rings. The molecule has 2 N–H and O–H groups in total. The Morgan fingerprint density at radius 1 is 1.12 bits per heavy atom. The molecule has 2 fully saturated rings. The first-order valence-electron chi connectivity index (χ1n) is 11.4. The van der Waals surface area contributed by atoms with E-state index in [1.54, 1.807) is 12.4 Å². The predicted molar refractivity (Wildman–Crippen MR) is 133 cm³/mol. The van der Waals surface area contributed by atoms with Crippen molar-refractivity contribution in [2.45, 2.75) is 51.2 Å². The summed E-state index contributed by atoms with van der Waals surface area (Å²) in [7, 11) is 0. The summed E-state index contributed by atoms with van der Waals surface area (Å²) in [4.78, 5) is 11.6. The van der Waals surface area contributed by atoms with Crippen LogP contribution in [0.4, 0.5) is 17.3 Å². The number of rotatable bonds is 6. The summed E-state index contributed by atoms with van der Waals surface area (Å²) in [6, 6.07) is 4.45. The molecule has 0 amide bonds. The van der Waals surface area contributed by atoms with Crippen molar-refractivity contribution in [1.29, 1.82) is 0 Å². The highest BCUT2D eigenvalue weighted by Crippen LogP contribution is 2.35. The average molecular weight is 490 g/mol. The number of hydrogen-bond acceptors (Lipinski definition) is 7. The number of anilines is 3. The van der Waals surface area contributed by atoms with Crippen LogP contribution in [0, 0.1) is 0 Å². The van der Waals surface area contributed by atoms with Crippen LogP contribution in [0.3, 0.4) is 0 Å². The second kappa shape index (κ2) is 8.91. The lowest BCUT2D eigenvalue weighted by molar-refractivity contribution is -0.137. The Bertz CT molecular complexity index is 1150. The maximum atomic E-state index is 6.72. The molecular formula is C23H29Cl2N7O. The molecular weight excluding hydrogens is 461 g/mol. The minimum absolute atomic E-state index is 0.185. The highest BCUT2D eigenvalue weighted by atomic mass is 35.5. The molecule has 2 saturated heterocycles. The molecule has 0 atom stereocenters. The molecule has 1 aromatic carbocycles. The van der Waals surface area contributed by atoms with Crippen molar-refractivity contribution in [2.75, 3.05) is 36.9 Å². The SMILES string of the molecule is CC(C)Nc1ccc2cnc(Nc3cnn(C4CCN(C5(C)COC5)CC4)c3Cl)nc2c1Cl. The molecule has 0 unspecified atom stereocenters. The molecule has 0 spiro atoms. The van der Waals surface area contributed by atoms with E-state index in [0.29, 0.717) is 27.3 Å². The first kappa shape index (κ1) is 22.7. The summed E-state index contributed by atoms with van der Waals surface area (Å²) < 4.78 is 7.34. The molecule has 0 saturated carbocycles. The van der Waals surface area contributed by atoms with Crippen molar-refractivity contribution in [3.05, 3.63) is 34.7 Å². The van der Waals surface area contributed by atoms with Crippen LogP contribution in [0.5, 0.6) is 0 Å². The van der Waals surface area contributed by atoms with E-state index in [1.165, 1.54) is 0 Å². The fourth-order valence-electron chi connectivity index (χ4n) is 4.58. The Balaban J connectivity index is 1.31. The highest BCUT2D eigenvalue weighted by Gasteiger charge is 2.41. The zero-order chi connectivity index (χ0) is 23.2. The van der Waals surface area contributed by atoms with Gasteiger partial charge < -0.3 is 15.4 Å². The second-order valence-corrected chi connectivity index (χ2v) is 10.2. The molecule has 10 heteroatoms. The van der Waals surface area contributed by atoms with E-state index in [0.717, 1.165) is 50.2 Å². The minimum atomic E-state index is 0.185. The maximum absolute atomic E-state index is 6.72. The van der Waals surface area contributed by atoms with Gasteiger partial charge in [-0.3, -0.25) is 4.90 Å². The predicted octanol–water partition coefficient (Wildman–Crippen LogP) is 5.12. The summed E-state index contributed by atoms with van der Waals surface area (Å²) >= 11 is 13.3. The third-order valence-corrected chi connectivity index (χ3v) is 7.28. The van der Waals surface area contributed by atoms with Gasteiger partial charge in [-0.15, -0.1) is 0 Å². The number of halogens is 2. The van der Waals surface area contributed by atoms with Gasteiger partial charge in [0.15, 0.2) is 5.15 Å². The van der Waals surface area contributed by atoms with Gasteiger partial charge in [0.1, 0.15) is 0 Å². The summed E-state index contributed by atoms with van der Waals surface area (Å²) in [6.07, 6.45) is 5.50. The quantitative estimate of drug-likeness (QED) is 0.496. The number of nitrogens with zero attached hydrogens (tertiary/aromatic N) is 5. The molecule has 2 aliphatic rings. The smallest absolute Gasteiger partial charge is 0.227 e. The Kier molecular flexibility index (Phi) is 6.11. The average Bonchev–Trinajstić information content (AvgIpc) is 3.14. The minimum Gasteiger partial charge on any atom is -0.382 e. The van der Waals surface area contributed by atoms with E-state index >= 15 is 0 Å². The Morgan fingerprint density at radius 3 is 2.55 bits per heavy atom. The largest absolute Gasteiger partial charge is 0.382 e. The van der Waals surface area contributed by atoms with Crippen molar-refractivity contribution in [1.82, 2.24) is 24.6 Å². The highest BCUT2D eigenvalue weighted by molar-refractivity contribution is 6.37. The van der Waals surface area contributed by atoms with E-state index < -0.39 is 0 Å². The van der Waals surface area contributed by atoms with Gasteiger partial charge in [-0.1, -0.05) is 23.2 Å². The van der Waals surface area contributed by atoms with Crippen LogP contribution in [-0.2, 0) is 4.74 Å². The second-order valence-electron chi connectivity index (χ2n) is 9.48. The van der Waals surface area contributed by atoms with Crippen LogP contribution in [0.1, 0.15) is 39.7 Å². The Hall–Kier alpha value is -2.13. The summed E-state index contributed by atoms with van der Waals surface area (Å²) in [5.41, 5.74) is 2.41. The summed E-state index contributed by atoms with van der Waals surface area (Å²) in [6.45, 7) is 10.1. The zero-order valence-electron chi connectivity index (χ0n) is 19.1.